The maximum absolute atomic E-state index is 6.28. The Hall–Kier alpha value is 0.130. The molecule has 0 fully saturated rings. The highest BCUT2D eigenvalue weighted by atomic mass is 79.9. The lowest BCUT2D eigenvalue weighted by atomic mass is 10.0. The van der Waals surface area contributed by atoms with Crippen LogP contribution in [0.15, 0.2) is 32.5 Å². The lowest BCUT2D eigenvalue weighted by Crippen LogP contribution is -2.11. The second-order valence-corrected chi connectivity index (χ2v) is 7.44. The molecule has 0 amide bonds. The van der Waals surface area contributed by atoms with Gasteiger partial charge in [-0.3, -0.25) is 0 Å². The van der Waals surface area contributed by atoms with Crippen molar-refractivity contribution in [2.75, 3.05) is 0 Å². The zero-order chi connectivity index (χ0) is 12.6. The Labute approximate surface area is 126 Å². The number of hydrogen-bond acceptors (Lipinski definition) is 2. The van der Waals surface area contributed by atoms with Crippen molar-refractivity contribution in [3.63, 3.8) is 0 Å². The van der Waals surface area contributed by atoms with Crippen molar-refractivity contribution in [2.45, 2.75) is 13.0 Å². The molecule has 0 saturated heterocycles. The summed E-state index contributed by atoms with van der Waals surface area (Å²) in [5.74, 6) is 0. The first kappa shape index (κ1) is 13.6. The topological polar surface area (TPSA) is 26.0 Å². The van der Waals surface area contributed by atoms with Gasteiger partial charge in [0.15, 0.2) is 0 Å². The lowest BCUT2D eigenvalue weighted by Gasteiger charge is -2.13. The van der Waals surface area contributed by atoms with E-state index in [9.17, 15) is 0 Å². The third kappa shape index (κ3) is 2.93. The first-order chi connectivity index (χ1) is 7.99. The summed E-state index contributed by atoms with van der Waals surface area (Å²) >= 11 is 14.5. The predicted molar refractivity (Wildman–Crippen MR) is 81.9 cm³/mol. The van der Waals surface area contributed by atoms with Gasteiger partial charge >= 0.3 is 0 Å². The highest BCUT2D eigenvalue weighted by Gasteiger charge is 2.15. The largest absolute Gasteiger partial charge is 0.320 e. The van der Waals surface area contributed by atoms with Gasteiger partial charge in [-0.1, -0.05) is 17.7 Å². The van der Waals surface area contributed by atoms with Gasteiger partial charge in [0.2, 0.25) is 0 Å². The normalized spacial score (nSPS) is 12.8. The fourth-order valence-electron chi connectivity index (χ4n) is 1.66. The molecule has 0 spiro atoms. The Morgan fingerprint density at radius 2 is 2.00 bits per heavy atom. The standard InChI is InChI=1S/C12H10Br2ClNS/c1-6-4-7(15)2-3-8(6)11(16)10-5-9(13)12(14)17-10/h2-5,11H,16H2,1H3. The molecule has 1 unspecified atom stereocenters. The van der Waals surface area contributed by atoms with Crippen LogP contribution in [0, 0.1) is 6.92 Å². The molecule has 2 N–H and O–H groups in total. The number of thiophene rings is 1. The van der Waals surface area contributed by atoms with Gasteiger partial charge in [0.05, 0.1) is 9.83 Å². The van der Waals surface area contributed by atoms with Gasteiger partial charge in [-0.2, -0.15) is 0 Å². The van der Waals surface area contributed by atoms with E-state index in [0.29, 0.717) is 0 Å². The molecule has 0 saturated carbocycles. The summed E-state index contributed by atoms with van der Waals surface area (Å²) in [6.07, 6.45) is 0. The fourth-order valence-corrected chi connectivity index (χ4v) is 3.99. The Morgan fingerprint density at radius 3 is 2.53 bits per heavy atom. The number of rotatable bonds is 2. The molecule has 1 heterocycles. The predicted octanol–water partition coefficient (Wildman–Crippen LogP) is 5.28. The van der Waals surface area contributed by atoms with E-state index in [-0.39, 0.29) is 6.04 Å². The minimum atomic E-state index is -0.111. The summed E-state index contributed by atoms with van der Waals surface area (Å²) in [7, 11) is 0. The van der Waals surface area contributed by atoms with Crippen LogP contribution < -0.4 is 5.73 Å². The van der Waals surface area contributed by atoms with Crippen LogP contribution >= 0.6 is 54.8 Å². The van der Waals surface area contributed by atoms with Crippen LogP contribution in [-0.4, -0.2) is 0 Å². The molecule has 2 rings (SSSR count). The summed E-state index contributed by atoms with van der Waals surface area (Å²) in [5.41, 5.74) is 8.50. The van der Waals surface area contributed by atoms with Gasteiger partial charge in [0, 0.05) is 14.4 Å². The van der Waals surface area contributed by atoms with Crippen LogP contribution in [0.1, 0.15) is 22.0 Å². The van der Waals surface area contributed by atoms with Crippen LogP contribution in [0.2, 0.25) is 5.02 Å². The highest BCUT2D eigenvalue weighted by Crippen LogP contribution is 2.37. The molecule has 1 aromatic carbocycles. The smallest absolute Gasteiger partial charge is 0.0843 e. The van der Waals surface area contributed by atoms with E-state index in [4.69, 9.17) is 17.3 Å². The third-order valence-corrected chi connectivity index (χ3v) is 6.11. The van der Waals surface area contributed by atoms with Crippen molar-refractivity contribution in [1.29, 1.82) is 0 Å². The number of benzene rings is 1. The van der Waals surface area contributed by atoms with E-state index >= 15 is 0 Å². The van der Waals surface area contributed by atoms with Crippen molar-refractivity contribution in [2.24, 2.45) is 5.73 Å². The zero-order valence-corrected chi connectivity index (χ0v) is 13.8. The highest BCUT2D eigenvalue weighted by molar-refractivity contribution is 9.13. The van der Waals surface area contributed by atoms with Crippen LogP contribution in [0.5, 0.6) is 0 Å². The van der Waals surface area contributed by atoms with E-state index in [2.05, 4.69) is 31.9 Å². The minimum absolute atomic E-state index is 0.111. The Balaban J connectivity index is 2.39. The average molecular weight is 396 g/mol. The number of aryl methyl sites for hydroxylation is 1. The van der Waals surface area contributed by atoms with Gasteiger partial charge < -0.3 is 5.73 Å². The molecule has 0 aliphatic rings. The maximum atomic E-state index is 6.28. The fraction of sp³-hybridized carbons (Fsp3) is 0.167. The van der Waals surface area contributed by atoms with E-state index in [1.165, 1.54) is 0 Å². The first-order valence-corrected chi connectivity index (χ1v) is 7.73. The molecule has 2 aromatic rings. The van der Waals surface area contributed by atoms with Gasteiger partial charge in [0.25, 0.3) is 0 Å². The monoisotopic (exact) mass is 393 g/mol. The average Bonchev–Trinajstić information content (AvgIpc) is 2.58. The van der Waals surface area contributed by atoms with Gasteiger partial charge in [-0.25, -0.2) is 0 Å². The number of nitrogens with two attached hydrogens (primary N) is 1. The summed E-state index contributed by atoms with van der Waals surface area (Å²) in [6.45, 7) is 2.03. The number of hydrogen-bond donors (Lipinski definition) is 1. The van der Waals surface area contributed by atoms with Crippen molar-refractivity contribution < 1.29 is 0 Å². The van der Waals surface area contributed by atoms with E-state index < -0.39 is 0 Å². The van der Waals surface area contributed by atoms with Gasteiger partial charge in [-0.15, -0.1) is 11.3 Å². The molecule has 0 aliphatic carbocycles. The second-order valence-electron chi connectivity index (χ2n) is 3.75. The molecular weight excluding hydrogens is 385 g/mol. The van der Waals surface area contributed by atoms with E-state index in [1.807, 2.05) is 31.2 Å². The quantitative estimate of drug-likeness (QED) is 0.735. The van der Waals surface area contributed by atoms with Gasteiger partial charge in [0.1, 0.15) is 0 Å². The number of halogens is 3. The van der Waals surface area contributed by atoms with Gasteiger partial charge in [-0.05, 0) is 68.1 Å². The zero-order valence-electron chi connectivity index (χ0n) is 9.01. The van der Waals surface area contributed by atoms with E-state index in [0.717, 1.165) is 29.3 Å². The van der Waals surface area contributed by atoms with Crippen molar-refractivity contribution in [3.8, 4) is 0 Å². The molecule has 17 heavy (non-hydrogen) atoms. The molecule has 1 atom stereocenters. The summed E-state index contributed by atoms with van der Waals surface area (Å²) in [4.78, 5) is 1.12. The van der Waals surface area contributed by atoms with E-state index in [1.54, 1.807) is 11.3 Å². The lowest BCUT2D eigenvalue weighted by molar-refractivity contribution is 0.882. The third-order valence-electron chi connectivity index (χ3n) is 2.54. The van der Waals surface area contributed by atoms with Crippen LogP contribution in [0.4, 0.5) is 0 Å². The molecule has 0 aliphatic heterocycles. The Bertz CT molecular complexity index is 534. The van der Waals surface area contributed by atoms with Crippen molar-refractivity contribution in [3.05, 3.63) is 53.6 Å². The summed E-state index contributed by atoms with van der Waals surface area (Å²) in [6, 6.07) is 7.74. The molecule has 1 nitrogen and oxygen atoms in total. The Kier molecular flexibility index (Phi) is 4.31. The first-order valence-electron chi connectivity index (χ1n) is 4.95. The van der Waals surface area contributed by atoms with Crippen LogP contribution in [0.25, 0.3) is 0 Å². The van der Waals surface area contributed by atoms with Crippen molar-refractivity contribution >= 4 is 54.8 Å². The summed E-state index contributed by atoms with van der Waals surface area (Å²) in [5, 5.41) is 0.743. The molecule has 5 heteroatoms. The molecule has 90 valence electrons. The second kappa shape index (κ2) is 5.41. The Morgan fingerprint density at radius 1 is 1.29 bits per heavy atom. The molecule has 0 radical (unpaired) electrons. The van der Waals surface area contributed by atoms with Crippen LogP contribution in [0.3, 0.4) is 0 Å². The SMILES string of the molecule is Cc1cc(Cl)ccc1C(N)c1cc(Br)c(Br)s1. The molecular formula is C12H10Br2ClNS. The molecule has 1 aromatic heterocycles. The maximum Gasteiger partial charge on any atom is 0.0843 e. The van der Waals surface area contributed by atoms with Crippen LogP contribution in [-0.2, 0) is 0 Å². The molecule has 0 bridgehead atoms. The summed E-state index contributed by atoms with van der Waals surface area (Å²) < 4.78 is 2.11. The van der Waals surface area contributed by atoms with Crippen molar-refractivity contribution in [1.82, 2.24) is 0 Å². The minimum Gasteiger partial charge on any atom is -0.320 e.